The fraction of sp³-hybridized carbons (Fsp3) is 0. The van der Waals surface area contributed by atoms with Gasteiger partial charge in [-0.3, -0.25) is 0 Å². The zero-order valence-electron chi connectivity index (χ0n) is 34.0. The predicted octanol–water partition coefficient (Wildman–Crippen LogP) is 16.3. The lowest BCUT2D eigenvalue weighted by atomic mass is 9.88. The van der Waals surface area contributed by atoms with Gasteiger partial charge in [0.2, 0.25) is 0 Å². The van der Waals surface area contributed by atoms with Crippen molar-refractivity contribution >= 4 is 85.4 Å². The molecule has 2 aromatic heterocycles. The first kappa shape index (κ1) is 35.7. The van der Waals surface area contributed by atoms with E-state index in [0.29, 0.717) is 17.5 Å². The van der Waals surface area contributed by atoms with Crippen molar-refractivity contribution in [2.24, 2.45) is 0 Å². The fourth-order valence-electron chi connectivity index (χ4n) is 9.77. The second-order valence-corrected chi connectivity index (χ2v) is 17.3. The molecule has 13 rings (SSSR count). The average Bonchev–Trinajstić information content (AvgIpc) is 3.74. The number of hydrogen-bond donors (Lipinski definition) is 0. The molecule has 0 aliphatic rings. The summed E-state index contributed by atoms with van der Waals surface area (Å²) in [5.74, 6) is 1.92. The molecule has 2 heterocycles. The molecular formula is C59H35N3S. The van der Waals surface area contributed by atoms with Crippen LogP contribution in [0, 0.1) is 0 Å². The lowest BCUT2D eigenvalue weighted by Crippen LogP contribution is -2.02. The van der Waals surface area contributed by atoms with Crippen molar-refractivity contribution in [2.45, 2.75) is 0 Å². The van der Waals surface area contributed by atoms with Gasteiger partial charge in [-0.05, 0) is 100 Å². The minimum Gasteiger partial charge on any atom is -0.208 e. The van der Waals surface area contributed by atoms with E-state index in [2.05, 4.69) is 212 Å². The summed E-state index contributed by atoms with van der Waals surface area (Å²) < 4.78 is 2.41. The minimum absolute atomic E-state index is 0.630. The molecule has 0 radical (unpaired) electrons. The molecule has 0 saturated heterocycles. The Kier molecular flexibility index (Phi) is 8.08. The van der Waals surface area contributed by atoms with Crippen LogP contribution in [0.3, 0.4) is 0 Å². The zero-order valence-corrected chi connectivity index (χ0v) is 34.8. The second kappa shape index (κ2) is 14.3. The normalized spacial score (nSPS) is 11.8. The monoisotopic (exact) mass is 817 g/mol. The highest BCUT2D eigenvalue weighted by atomic mass is 32.1. The summed E-state index contributed by atoms with van der Waals surface area (Å²) in [5, 5.41) is 14.5. The predicted molar refractivity (Wildman–Crippen MR) is 267 cm³/mol. The van der Waals surface area contributed by atoms with Crippen molar-refractivity contribution in [3.8, 4) is 56.4 Å². The van der Waals surface area contributed by atoms with Crippen LogP contribution in [-0.2, 0) is 0 Å². The number of fused-ring (bicyclic) bond motifs is 10. The Bertz CT molecular complexity index is 3980. The van der Waals surface area contributed by atoms with Crippen molar-refractivity contribution in [1.29, 1.82) is 0 Å². The van der Waals surface area contributed by atoms with E-state index < -0.39 is 0 Å². The maximum Gasteiger partial charge on any atom is 0.165 e. The summed E-state index contributed by atoms with van der Waals surface area (Å²) >= 11 is 1.79. The van der Waals surface area contributed by atoms with Gasteiger partial charge in [-0.25, -0.2) is 15.0 Å². The van der Waals surface area contributed by atoms with Gasteiger partial charge in [0.1, 0.15) is 0 Å². The first-order chi connectivity index (χ1) is 31.2. The SMILES string of the molecule is c1ccc2c(-c3nc(-c4ccc(-c5cc6ccccc6c6ccccc56)cc4)nc(-c4cccc5c4sc4ccccc45)n3)c(-c3cc4ccccc4c4ccccc34)ccc2c1. The van der Waals surface area contributed by atoms with Gasteiger partial charge < -0.3 is 0 Å². The van der Waals surface area contributed by atoms with E-state index in [1.165, 1.54) is 68.8 Å². The van der Waals surface area contributed by atoms with Crippen LogP contribution in [0.15, 0.2) is 212 Å². The lowest BCUT2D eigenvalue weighted by molar-refractivity contribution is 1.08. The van der Waals surface area contributed by atoms with Crippen LogP contribution in [0.4, 0.5) is 0 Å². The number of thiophene rings is 1. The summed E-state index contributed by atoms with van der Waals surface area (Å²) in [5.41, 5.74) is 7.48. The third-order valence-corrected chi connectivity index (χ3v) is 13.9. The summed E-state index contributed by atoms with van der Waals surface area (Å²) in [7, 11) is 0. The Morgan fingerprint density at radius 2 is 0.778 bits per heavy atom. The van der Waals surface area contributed by atoms with Crippen LogP contribution in [0.25, 0.3) is 130 Å². The van der Waals surface area contributed by atoms with Crippen molar-refractivity contribution in [2.75, 3.05) is 0 Å². The number of nitrogens with zero attached hydrogens (tertiary/aromatic N) is 3. The molecule has 0 unspecified atom stereocenters. The van der Waals surface area contributed by atoms with Gasteiger partial charge in [-0.15, -0.1) is 11.3 Å². The van der Waals surface area contributed by atoms with Crippen LogP contribution in [-0.4, -0.2) is 15.0 Å². The average molecular weight is 818 g/mol. The quantitative estimate of drug-likeness (QED) is 0.162. The Balaban J connectivity index is 1.07. The van der Waals surface area contributed by atoms with Crippen LogP contribution in [0.2, 0.25) is 0 Å². The van der Waals surface area contributed by atoms with Crippen molar-refractivity contribution in [1.82, 2.24) is 15.0 Å². The summed E-state index contributed by atoms with van der Waals surface area (Å²) in [6, 6.07) is 76.4. The molecule has 0 aliphatic carbocycles. The molecular weight excluding hydrogens is 783 g/mol. The maximum atomic E-state index is 5.51. The zero-order chi connectivity index (χ0) is 41.4. The fourth-order valence-corrected chi connectivity index (χ4v) is 11.0. The van der Waals surface area contributed by atoms with Crippen molar-refractivity contribution in [3.05, 3.63) is 212 Å². The van der Waals surface area contributed by atoms with E-state index >= 15 is 0 Å². The second-order valence-electron chi connectivity index (χ2n) is 16.3. The first-order valence-corrected chi connectivity index (χ1v) is 22.2. The van der Waals surface area contributed by atoms with Crippen LogP contribution in [0.1, 0.15) is 0 Å². The van der Waals surface area contributed by atoms with Gasteiger partial charge in [0.05, 0.1) is 0 Å². The molecule has 0 bridgehead atoms. The molecule has 0 spiro atoms. The minimum atomic E-state index is 0.630. The molecule has 13 aromatic rings. The molecule has 0 aliphatic heterocycles. The van der Waals surface area contributed by atoms with E-state index in [4.69, 9.17) is 15.0 Å². The topological polar surface area (TPSA) is 38.7 Å². The van der Waals surface area contributed by atoms with E-state index in [1.807, 2.05) is 0 Å². The van der Waals surface area contributed by atoms with E-state index in [-0.39, 0.29) is 0 Å². The van der Waals surface area contributed by atoms with Crippen LogP contribution < -0.4 is 0 Å². The highest BCUT2D eigenvalue weighted by Crippen LogP contribution is 2.44. The van der Waals surface area contributed by atoms with Crippen LogP contribution >= 0.6 is 11.3 Å². The third kappa shape index (κ3) is 5.76. The number of rotatable bonds is 5. The molecule has 3 nitrogen and oxygen atoms in total. The Morgan fingerprint density at radius 1 is 0.270 bits per heavy atom. The highest BCUT2D eigenvalue weighted by molar-refractivity contribution is 7.26. The lowest BCUT2D eigenvalue weighted by Gasteiger charge is -2.17. The van der Waals surface area contributed by atoms with Gasteiger partial charge in [0.25, 0.3) is 0 Å². The van der Waals surface area contributed by atoms with E-state index in [0.717, 1.165) is 44.2 Å². The molecule has 0 N–H and O–H groups in total. The Hall–Kier alpha value is -8.05. The molecule has 0 atom stereocenters. The third-order valence-electron chi connectivity index (χ3n) is 12.7. The van der Waals surface area contributed by atoms with E-state index in [9.17, 15) is 0 Å². The molecule has 292 valence electrons. The molecule has 0 fully saturated rings. The van der Waals surface area contributed by atoms with Crippen molar-refractivity contribution in [3.63, 3.8) is 0 Å². The molecule has 11 aromatic carbocycles. The number of benzene rings is 11. The summed E-state index contributed by atoms with van der Waals surface area (Å²) in [4.78, 5) is 16.4. The van der Waals surface area contributed by atoms with Gasteiger partial charge in [0, 0.05) is 36.9 Å². The number of hydrogen-bond acceptors (Lipinski definition) is 4. The van der Waals surface area contributed by atoms with Crippen molar-refractivity contribution < 1.29 is 0 Å². The summed E-state index contributed by atoms with van der Waals surface area (Å²) in [6.07, 6.45) is 0. The van der Waals surface area contributed by atoms with Crippen LogP contribution in [0.5, 0.6) is 0 Å². The van der Waals surface area contributed by atoms with Gasteiger partial charge in [-0.1, -0.05) is 188 Å². The largest absolute Gasteiger partial charge is 0.208 e. The van der Waals surface area contributed by atoms with Gasteiger partial charge in [-0.2, -0.15) is 0 Å². The van der Waals surface area contributed by atoms with Gasteiger partial charge >= 0.3 is 0 Å². The number of aromatic nitrogens is 3. The smallest absolute Gasteiger partial charge is 0.165 e. The van der Waals surface area contributed by atoms with E-state index in [1.54, 1.807) is 11.3 Å². The Labute approximate surface area is 367 Å². The Morgan fingerprint density at radius 3 is 1.49 bits per heavy atom. The summed E-state index contributed by atoms with van der Waals surface area (Å²) in [6.45, 7) is 0. The first-order valence-electron chi connectivity index (χ1n) is 21.3. The maximum absolute atomic E-state index is 5.51. The standard InChI is InChI=1S/C59H35N3S/c1-6-19-43-36(14-1)32-33-49(53-35-40-16-3-5-18-42(40)45-21-8-10-23-47(45)53)55(43)59-61-57(60-58(62-59)51-26-13-25-50-48-24-11-12-27-54(48)63-56(50)51)38-30-28-37(29-31-38)52-34-39-15-2-4-17-41(39)44-20-7-9-22-46(44)52/h1-35H. The molecule has 4 heteroatoms. The molecule has 63 heavy (non-hydrogen) atoms. The van der Waals surface area contributed by atoms with Gasteiger partial charge in [0.15, 0.2) is 17.5 Å². The molecule has 0 amide bonds. The molecule has 0 saturated carbocycles. The highest BCUT2D eigenvalue weighted by Gasteiger charge is 2.22.